The fourth-order valence-corrected chi connectivity index (χ4v) is 21.5. The molecule has 0 spiro atoms. The van der Waals surface area contributed by atoms with Crippen LogP contribution in [0.5, 0.6) is 0 Å². The molecule has 3 aromatic carbocycles. The Bertz CT molecular complexity index is 1760. The third-order valence-corrected chi connectivity index (χ3v) is 26.1. The Labute approximate surface area is 301 Å². The topological polar surface area (TPSA) is 0 Å². The molecule has 0 atom stereocenters. The Morgan fingerprint density at radius 2 is 0.729 bits per heavy atom. The zero-order valence-electron chi connectivity index (χ0n) is 31.2. The molecule has 0 aliphatic carbocycles. The second-order valence-electron chi connectivity index (χ2n) is 15.5. The minimum atomic E-state index is -1.97. The largest absolute Gasteiger partial charge is 0.146 e. The van der Waals surface area contributed by atoms with E-state index in [1.807, 2.05) is 22.7 Å². The quantitative estimate of drug-likeness (QED) is 0.112. The summed E-state index contributed by atoms with van der Waals surface area (Å²) in [6.07, 6.45) is 0. The van der Waals surface area contributed by atoms with E-state index in [9.17, 15) is 0 Å². The molecule has 2 aromatic heterocycles. The molecule has 48 heavy (non-hydrogen) atoms. The minimum absolute atomic E-state index is 0.577. The standard InChI is InChI=1S/C44H54S2Si2/c1-29(2)47(30(3)4,31(5)6)25-23-37-39-27-41(35-19-15-13-16-20-35)46-44(39)38(24-26-48(32(7)8,33(9)10)34(11)12)40-28-42(45-43(37)40)36-21-17-14-18-22-36/h13-22,27-34H,1-12H3. The van der Waals surface area contributed by atoms with Gasteiger partial charge in [-0.05, 0) is 56.5 Å². The molecule has 0 aliphatic rings. The van der Waals surface area contributed by atoms with E-state index in [1.54, 1.807) is 0 Å². The van der Waals surface area contributed by atoms with E-state index in [2.05, 4.69) is 179 Å². The number of hydrogen-bond donors (Lipinski definition) is 0. The second-order valence-corrected chi connectivity index (χ2v) is 28.7. The van der Waals surface area contributed by atoms with Gasteiger partial charge >= 0.3 is 0 Å². The van der Waals surface area contributed by atoms with Crippen LogP contribution in [-0.4, -0.2) is 16.1 Å². The van der Waals surface area contributed by atoms with Crippen LogP contribution < -0.4 is 0 Å². The molecule has 0 saturated carbocycles. The van der Waals surface area contributed by atoms with Crippen LogP contribution >= 0.6 is 22.7 Å². The molecule has 0 saturated heterocycles. The van der Waals surface area contributed by atoms with Gasteiger partial charge in [0, 0.05) is 20.5 Å². The summed E-state index contributed by atoms with van der Waals surface area (Å²) in [7, 11) is -3.93. The first-order chi connectivity index (χ1) is 22.7. The normalized spacial score (nSPS) is 12.5. The summed E-state index contributed by atoms with van der Waals surface area (Å²) in [5.74, 6) is 7.98. The van der Waals surface area contributed by atoms with E-state index >= 15 is 0 Å². The van der Waals surface area contributed by atoms with Crippen LogP contribution in [0.25, 0.3) is 41.1 Å². The maximum absolute atomic E-state index is 4.12. The van der Waals surface area contributed by atoms with Crippen LogP contribution in [0.1, 0.15) is 94.2 Å². The molecule has 0 bridgehead atoms. The van der Waals surface area contributed by atoms with Crippen molar-refractivity contribution >= 4 is 59.0 Å². The van der Waals surface area contributed by atoms with Crippen molar-refractivity contribution in [3.8, 4) is 43.8 Å². The SMILES string of the molecule is CC(C)[Si](C#Cc1c2cc(-c3ccccc3)sc2c(C#C[Si](C(C)C)(C(C)C)C(C)C)c2cc(-c3ccccc3)sc12)(C(C)C)C(C)C. The summed E-state index contributed by atoms with van der Waals surface area (Å²) in [4.78, 5) is 2.58. The third kappa shape index (κ3) is 6.43. The first kappa shape index (κ1) is 36.4. The molecule has 4 heteroatoms. The lowest BCUT2D eigenvalue weighted by atomic mass is 10.0. The first-order valence-electron chi connectivity index (χ1n) is 18.0. The Hall–Kier alpha value is -2.87. The van der Waals surface area contributed by atoms with Gasteiger partial charge in [0.15, 0.2) is 0 Å². The highest BCUT2D eigenvalue weighted by atomic mass is 32.1. The van der Waals surface area contributed by atoms with E-state index in [4.69, 9.17) is 0 Å². The Kier molecular flexibility index (Phi) is 11.0. The van der Waals surface area contributed by atoms with Crippen molar-refractivity contribution in [2.45, 2.75) is 116 Å². The average molecular weight is 703 g/mol. The Balaban J connectivity index is 1.95. The van der Waals surface area contributed by atoms with Crippen molar-refractivity contribution < 1.29 is 0 Å². The van der Waals surface area contributed by atoms with Crippen molar-refractivity contribution in [3.05, 3.63) is 83.9 Å². The molecular formula is C44H54S2Si2. The van der Waals surface area contributed by atoms with Gasteiger partial charge in [-0.1, -0.05) is 156 Å². The highest BCUT2D eigenvalue weighted by Gasteiger charge is 2.43. The lowest BCUT2D eigenvalue weighted by Crippen LogP contribution is -2.43. The molecular weight excluding hydrogens is 649 g/mol. The van der Waals surface area contributed by atoms with Crippen molar-refractivity contribution in [1.29, 1.82) is 0 Å². The summed E-state index contributed by atoms with van der Waals surface area (Å²) >= 11 is 3.80. The van der Waals surface area contributed by atoms with Gasteiger partial charge in [-0.3, -0.25) is 0 Å². The van der Waals surface area contributed by atoms with Crippen molar-refractivity contribution in [2.24, 2.45) is 0 Å². The first-order valence-corrected chi connectivity index (χ1v) is 24.0. The molecule has 0 nitrogen and oxygen atoms in total. The van der Waals surface area contributed by atoms with Gasteiger partial charge in [0.25, 0.3) is 0 Å². The van der Waals surface area contributed by atoms with E-state index in [-0.39, 0.29) is 0 Å². The van der Waals surface area contributed by atoms with Crippen LogP contribution in [0, 0.1) is 22.9 Å². The lowest BCUT2D eigenvalue weighted by molar-refractivity contribution is 0.838. The summed E-state index contributed by atoms with van der Waals surface area (Å²) in [5, 5.41) is 2.55. The zero-order chi connectivity index (χ0) is 35.0. The predicted octanol–water partition coefficient (Wildman–Crippen LogP) is 14.6. The van der Waals surface area contributed by atoms with E-state index in [0.29, 0.717) is 33.2 Å². The van der Waals surface area contributed by atoms with E-state index in [1.165, 1.54) is 52.2 Å². The molecule has 5 rings (SSSR count). The minimum Gasteiger partial charge on any atom is -0.134 e. The maximum atomic E-state index is 4.12. The van der Waals surface area contributed by atoms with Crippen LogP contribution in [0.15, 0.2) is 72.8 Å². The number of fused-ring (bicyclic) bond motifs is 2. The van der Waals surface area contributed by atoms with Gasteiger partial charge in [0.1, 0.15) is 16.1 Å². The number of thiophene rings is 2. The summed E-state index contributed by atoms with van der Waals surface area (Å²) in [6, 6.07) is 26.6. The highest BCUT2D eigenvalue weighted by Crippen LogP contribution is 2.47. The van der Waals surface area contributed by atoms with E-state index < -0.39 is 16.1 Å². The fraction of sp³-hybridized carbons (Fsp3) is 0.409. The number of benzene rings is 3. The van der Waals surface area contributed by atoms with Crippen LogP contribution in [0.2, 0.25) is 33.2 Å². The molecule has 0 amide bonds. The summed E-state index contributed by atoms with van der Waals surface area (Å²) in [5.41, 5.74) is 16.6. The van der Waals surface area contributed by atoms with Crippen molar-refractivity contribution in [2.75, 3.05) is 0 Å². The van der Waals surface area contributed by atoms with Gasteiger partial charge in [0.05, 0.1) is 20.5 Å². The smallest absolute Gasteiger partial charge is 0.134 e. The fourth-order valence-electron chi connectivity index (χ4n) is 8.71. The summed E-state index contributed by atoms with van der Waals surface area (Å²) in [6.45, 7) is 29.0. The highest BCUT2D eigenvalue weighted by molar-refractivity contribution is 7.24. The van der Waals surface area contributed by atoms with Gasteiger partial charge in [-0.15, -0.1) is 33.8 Å². The average Bonchev–Trinajstić information content (AvgIpc) is 3.68. The van der Waals surface area contributed by atoms with Crippen LogP contribution in [0.4, 0.5) is 0 Å². The lowest BCUT2D eigenvalue weighted by Gasteiger charge is -2.38. The molecule has 0 radical (unpaired) electrons. The number of rotatable bonds is 8. The molecule has 2 heterocycles. The Morgan fingerprint density at radius 1 is 0.438 bits per heavy atom. The van der Waals surface area contributed by atoms with Crippen LogP contribution in [-0.2, 0) is 0 Å². The van der Waals surface area contributed by atoms with Gasteiger partial charge < -0.3 is 0 Å². The Morgan fingerprint density at radius 3 is 1.00 bits per heavy atom. The van der Waals surface area contributed by atoms with Gasteiger partial charge in [0.2, 0.25) is 0 Å². The molecule has 0 aliphatic heterocycles. The predicted molar refractivity (Wildman–Crippen MR) is 224 cm³/mol. The molecule has 0 fully saturated rings. The van der Waals surface area contributed by atoms with E-state index in [0.717, 1.165) is 0 Å². The van der Waals surface area contributed by atoms with Gasteiger partial charge in [-0.25, -0.2) is 0 Å². The number of hydrogen-bond acceptors (Lipinski definition) is 2. The van der Waals surface area contributed by atoms with Crippen molar-refractivity contribution in [1.82, 2.24) is 0 Å². The van der Waals surface area contributed by atoms with Crippen molar-refractivity contribution in [3.63, 3.8) is 0 Å². The maximum Gasteiger partial charge on any atom is 0.146 e. The monoisotopic (exact) mass is 702 g/mol. The molecule has 0 unspecified atom stereocenters. The van der Waals surface area contributed by atoms with Gasteiger partial charge in [-0.2, -0.15) is 0 Å². The third-order valence-electron chi connectivity index (χ3n) is 11.1. The second kappa shape index (κ2) is 14.5. The molecule has 0 N–H and O–H groups in total. The van der Waals surface area contributed by atoms with Crippen LogP contribution in [0.3, 0.4) is 0 Å². The summed E-state index contributed by atoms with van der Waals surface area (Å²) < 4.78 is 2.58. The zero-order valence-corrected chi connectivity index (χ0v) is 34.8. The molecule has 250 valence electrons. The molecule has 5 aromatic rings.